The zero-order chi connectivity index (χ0) is 12.8. The van der Waals surface area contributed by atoms with Gasteiger partial charge in [-0.1, -0.05) is 6.92 Å². The van der Waals surface area contributed by atoms with Crippen LogP contribution in [0.15, 0.2) is 0 Å². The highest BCUT2D eigenvalue weighted by Gasteiger charge is 2.38. The lowest BCUT2D eigenvalue weighted by Gasteiger charge is -2.48. The number of carbonyl (C=O) groups is 1. The Balaban J connectivity index is 1.99. The van der Waals surface area contributed by atoms with Crippen LogP contribution in [-0.2, 0) is 9.53 Å². The molecule has 18 heavy (non-hydrogen) atoms. The minimum atomic E-state index is 0.116. The molecule has 0 bridgehead atoms. The molecule has 2 heterocycles. The van der Waals surface area contributed by atoms with Gasteiger partial charge in [-0.25, -0.2) is 0 Å². The summed E-state index contributed by atoms with van der Waals surface area (Å²) in [5.41, 5.74) is 0.116. The van der Waals surface area contributed by atoms with Crippen molar-refractivity contribution in [3.63, 3.8) is 0 Å². The van der Waals surface area contributed by atoms with Gasteiger partial charge in [0, 0.05) is 57.9 Å². The number of amides is 1. The quantitative estimate of drug-likeness (QED) is 0.740. The van der Waals surface area contributed by atoms with Crippen LogP contribution in [0, 0.1) is 0 Å². The molecule has 2 aliphatic rings. The van der Waals surface area contributed by atoms with E-state index in [9.17, 15) is 4.79 Å². The maximum absolute atomic E-state index is 11.5. The highest BCUT2D eigenvalue weighted by atomic mass is 16.5. The molecule has 2 saturated heterocycles. The summed E-state index contributed by atoms with van der Waals surface area (Å²) in [5.74, 6) is 0.149. The summed E-state index contributed by atoms with van der Waals surface area (Å²) in [4.78, 5) is 14.0. The predicted molar refractivity (Wildman–Crippen MR) is 70.5 cm³/mol. The van der Waals surface area contributed by atoms with Crippen LogP contribution in [0.5, 0.6) is 0 Å². The Hall–Kier alpha value is -0.650. The van der Waals surface area contributed by atoms with E-state index in [4.69, 9.17) is 4.74 Å². The molecular formula is C13H25N3O2. The van der Waals surface area contributed by atoms with Crippen molar-refractivity contribution < 1.29 is 9.53 Å². The summed E-state index contributed by atoms with van der Waals surface area (Å²) in [7, 11) is 0. The first-order valence-electron chi connectivity index (χ1n) is 7.07. The number of hydrogen-bond donors (Lipinski definition) is 2. The summed E-state index contributed by atoms with van der Waals surface area (Å²) < 4.78 is 5.49. The van der Waals surface area contributed by atoms with Gasteiger partial charge in [-0.3, -0.25) is 9.69 Å². The van der Waals surface area contributed by atoms with E-state index >= 15 is 0 Å². The lowest BCUT2D eigenvalue weighted by molar-refractivity contribution is -0.122. The maximum Gasteiger partial charge on any atom is 0.219 e. The zero-order valence-electron chi connectivity index (χ0n) is 11.3. The standard InChI is InChI=1S/C13H25N3O2/c1-2-12(17)15-11-13(3-9-18-10-4-13)16-7-5-14-6-8-16/h14H,2-11H2,1H3,(H,15,17). The van der Waals surface area contributed by atoms with Crippen molar-refractivity contribution in [3.05, 3.63) is 0 Å². The van der Waals surface area contributed by atoms with Gasteiger partial charge in [0.05, 0.1) is 0 Å². The summed E-state index contributed by atoms with van der Waals surface area (Å²) in [5, 5.41) is 6.47. The fourth-order valence-electron chi connectivity index (χ4n) is 2.88. The van der Waals surface area contributed by atoms with E-state index in [1.54, 1.807) is 0 Å². The lowest BCUT2D eigenvalue weighted by Crippen LogP contribution is -2.62. The molecule has 5 nitrogen and oxygen atoms in total. The molecule has 5 heteroatoms. The summed E-state index contributed by atoms with van der Waals surface area (Å²) in [6.07, 6.45) is 2.61. The van der Waals surface area contributed by atoms with Crippen molar-refractivity contribution in [3.8, 4) is 0 Å². The van der Waals surface area contributed by atoms with E-state index in [-0.39, 0.29) is 11.4 Å². The Morgan fingerprint density at radius 2 is 2.00 bits per heavy atom. The largest absolute Gasteiger partial charge is 0.381 e. The first-order chi connectivity index (χ1) is 8.77. The minimum absolute atomic E-state index is 0.116. The Kier molecular flexibility index (Phi) is 4.97. The van der Waals surface area contributed by atoms with Crippen LogP contribution in [-0.4, -0.2) is 62.3 Å². The van der Waals surface area contributed by atoms with E-state index < -0.39 is 0 Å². The molecule has 0 spiro atoms. The number of nitrogens with one attached hydrogen (secondary N) is 2. The molecule has 0 unspecified atom stereocenters. The van der Waals surface area contributed by atoms with Crippen molar-refractivity contribution >= 4 is 5.91 Å². The first-order valence-corrected chi connectivity index (χ1v) is 7.07. The van der Waals surface area contributed by atoms with E-state index in [0.29, 0.717) is 6.42 Å². The third-order valence-corrected chi connectivity index (χ3v) is 4.15. The number of carbonyl (C=O) groups excluding carboxylic acids is 1. The number of piperazine rings is 1. The summed E-state index contributed by atoms with van der Waals surface area (Å²) in [6.45, 7) is 8.52. The fraction of sp³-hybridized carbons (Fsp3) is 0.923. The third-order valence-electron chi connectivity index (χ3n) is 4.15. The molecule has 0 aromatic rings. The van der Waals surface area contributed by atoms with Crippen molar-refractivity contribution in [1.29, 1.82) is 0 Å². The second-order valence-corrected chi connectivity index (χ2v) is 5.20. The molecule has 2 fully saturated rings. The first kappa shape index (κ1) is 13.8. The zero-order valence-corrected chi connectivity index (χ0v) is 11.3. The molecule has 0 aromatic carbocycles. The van der Waals surface area contributed by atoms with Crippen LogP contribution in [0.25, 0.3) is 0 Å². The van der Waals surface area contributed by atoms with Gasteiger partial charge in [0.15, 0.2) is 0 Å². The van der Waals surface area contributed by atoms with Crippen molar-refractivity contribution in [2.75, 3.05) is 45.9 Å². The van der Waals surface area contributed by atoms with Gasteiger partial charge >= 0.3 is 0 Å². The van der Waals surface area contributed by atoms with Crippen molar-refractivity contribution in [2.24, 2.45) is 0 Å². The van der Waals surface area contributed by atoms with Crippen LogP contribution in [0.4, 0.5) is 0 Å². The predicted octanol–water partition coefficient (Wildman–Crippen LogP) is -0.0330. The minimum Gasteiger partial charge on any atom is -0.381 e. The van der Waals surface area contributed by atoms with Gasteiger partial charge < -0.3 is 15.4 Å². The number of hydrogen-bond acceptors (Lipinski definition) is 4. The second-order valence-electron chi connectivity index (χ2n) is 5.20. The Labute approximate surface area is 109 Å². The number of ether oxygens (including phenoxy) is 1. The normalized spacial score (nSPS) is 24.7. The molecule has 0 aliphatic carbocycles. The molecule has 2 N–H and O–H groups in total. The SMILES string of the molecule is CCC(=O)NCC1(N2CCNCC2)CCOCC1. The fourth-order valence-corrected chi connectivity index (χ4v) is 2.88. The Morgan fingerprint density at radius 1 is 1.33 bits per heavy atom. The Morgan fingerprint density at radius 3 is 2.61 bits per heavy atom. The molecule has 0 aromatic heterocycles. The summed E-state index contributed by atoms with van der Waals surface area (Å²) >= 11 is 0. The average Bonchev–Trinajstić information content (AvgIpc) is 2.46. The maximum atomic E-state index is 11.5. The molecule has 0 saturated carbocycles. The number of nitrogens with zero attached hydrogens (tertiary/aromatic N) is 1. The smallest absolute Gasteiger partial charge is 0.219 e. The second kappa shape index (κ2) is 6.50. The third kappa shape index (κ3) is 3.22. The van der Waals surface area contributed by atoms with Gasteiger partial charge in [0.25, 0.3) is 0 Å². The molecule has 2 rings (SSSR count). The van der Waals surface area contributed by atoms with Crippen molar-refractivity contribution in [2.45, 2.75) is 31.7 Å². The molecule has 0 atom stereocenters. The highest BCUT2D eigenvalue weighted by Crippen LogP contribution is 2.27. The van der Waals surface area contributed by atoms with Crippen LogP contribution >= 0.6 is 0 Å². The van der Waals surface area contributed by atoms with E-state index in [1.165, 1.54) is 0 Å². The van der Waals surface area contributed by atoms with Crippen LogP contribution in [0.3, 0.4) is 0 Å². The highest BCUT2D eigenvalue weighted by molar-refractivity contribution is 5.75. The molecular weight excluding hydrogens is 230 g/mol. The van der Waals surface area contributed by atoms with Gasteiger partial charge in [0.1, 0.15) is 0 Å². The van der Waals surface area contributed by atoms with Crippen LogP contribution in [0.1, 0.15) is 26.2 Å². The van der Waals surface area contributed by atoms with Gasteiger partial charge in [-0.05, 0) is 12.8 Å². The van der Waals surface area contributed by atoms with Gasteiger partial charge in [-0.15, -0.1) is 0 Å². The topological polar surface area (TPSA) is 53.6 Å². The average molecular weight is 255 g/mol. The molecule has 0 radical (unpaired) electrons. The van der Waals surface area contributed by atoms with E-state index in [1.807, 2.05) is 6.92 Å². The summed E-state index contributed by atoms with van der Waals surface area (Å²) in [6, 6.07) is 0. The Bertz CT molecular complexity index is 271. The van der Waals surface area contributed by atoms with Crippen LogP contribution in [0.2, 0.25) is 0 Å². The molecule has 2 aliphatic heterocycles. The van der Waals surface area contributed by atoms with E-state index in [2.05, 4.69) is 15.5 Å². The lowest BCUT2D eigenvalue weighted by atomic mass is 9.87. The van der Waals surface area contributed by atoms with Crippen molar-refractivity contribution in [1.82, 2.24) is 15.5 Å². The molecule has 104 valence electrons. The van der Waals surface area contributed by atoms with E-state index in [0.717, 1.165) is 58.8 Å². The monoisotopic (exact) mass is 255 g/mol. The number of rotatable bonds is 4. The van der Waals surface area contributed by atoms with Crippen LogP contribution < -0.4 is 10.6 Å². The molecule has 1 amide bonds. The van der Waals surface area contributed by atoms with Gasteiger partial charge in [-0.2, -0.15) is 0 Å². The van der Waals surface area contributed by atoms with Gasteiger partial charge in [0.2, 0.25) is 5.91 Å².